The second-order valence-electron chi connectivity index (χ2n) is 5.77. The SMILES string of the molecule is CCn1c(=O)/c(=C2\Sc3c(Cl)cccc3N2C)s/c1=C\c1ccccn1. The smallest absolute Gasteiger partial charge is 0.271 e. The van der Waals surface area contributed by atoms with Crippen LogP contribution in [0.4, 0.5) is 5.69 Å². The molecule has 1 aliphatic rings. The Morgan fingerprint density at radius 2 is 2.08 bits per heavy atom. The number of hydrogen-bond acceptors (Lipinski definition) is 5. The minimum absolute atomic E-state index is 0.0259. The van der Waals surface area contributed by atoms with Gasteiger partial charge in [-0.25, -0.2) is 0 Å². The number of pyridine rings is 1. The van der Waals surface area contributed by atoms with Gasteiger partial charge in [0.2, 0.25) is 0 Å². The van der Waals surface area contributed by atoms with Gasteiger partial charge in [0, 0.05) is 19.8 Å². The van der Waals surface area contributed by atoms with Crippen LogP contribution in [0.25, 0.3) is 11.1 Å². The number of anilines is 1. The average molecular weight is 402 g/mol. The monoisotopic (exact) mass is 401 g/mol. The van der Waals surface area contributed by atoms with E-state index in [0.29, 0.717) is 11.6 Å². The highest BCUT2D eigenvalue weighted by atomic mass is 35.5. The van der Waals surface area contributed by atoms with Crippen LogP contribution < -0.4 is 19.7 Å². The molecule has 4 nitrogen and oxygen atoms in total. The van der Waals surface area contributed by atoms with E-state index < -0.39 is 0 Å². The van der Waals surface area contributed by atoms with Gasteiger partial charge in [-0.2, -0.15) is 0 Å². The van der Waals surface area contributed by atoms with E-state index in [1.807, 2.05) is 61.3 Å². The van der Waals surface area contributed by atoms with Crippen molar-refractivity contribution in [3.63, 3.8) is 0 Å². The standard InChI is InChI=1S/C19H16ClN3OS2/c1-3-23-15(11-12-7-4-5-10-21-12)25-17(18(23)24)19-22(2)14-9-6-8-13(20)16(14)26-19/h4-11H,3H2,1-2H3/b15-11-,19-17+. The van der Waals surface area contributed by atoms with Gasteiger partial charge < -0.3 is 4.90 Å². The molecule has 132 valence electrons. The lowest BCUT2D eigenvalue weighted by atomic mass is 10.3. The Hall–Kier alpha value is -2.02. The Morgan fingerprint density at radius 1 is 1.23 bits per heavy atom. The lowest BCUT2D eigenvalue weighted by molar-refractivity contribution is 0.722. The van der Waals surface area contributed by atoms with Crippen molar-refractivity contribution in [1.29, 1.82) is 0 Å². The van der Waals surface area contributed by atoms with Gasteiger partial charge in [-0.15, -0.1) is 11.3 Å². The van der Waals surface area contributed by atoms with Crippen molar-refractivity contribution in [2.75, 3.05) is 11.9 Å². The fourth-order valence-corrected chi connectivity index (χ4v) is 5.64. The molecule has 0 aliphatic carbocycles. The van der Waals surface area contributed by atoms with Gasteiger partial charge in [-0.05, 0) is 37.3 Å². The molecule has 26 heavy (non-hydrogen) atoms. The molecule has 0 saturated heterocycles. The molecular formula is C19H16ClN3OS2. The van der Waals surface area contributed by atoms with E-state index >= 15 is 0 Å². The van der Waals surface area contributed by atoms with Crippen LogP contribution in [-0.4, -0.2) is 16.6 Å². The highest BCUT2D eigenvalue weighted by Gasteiger charge is 2.26. The van der Waals surface area contributed by atoms with E-state index in [0.717, 1.165) is 30.5 Å². The summed E-state index contributed by atoms with van der Waals surface area (Å²) in [7, 11) is 1.97. The van der Waals surface area contributed by atoms with E-state index in [9.17, 15) is 4.79 Å². The summed E-state index contributed by atoms with van der Waals surface area (Å²) in [5, 5.41) is 1.63. The molecule has 0 radical (unpaired) electrons. The maximum atomic E-state index is 13.0. The van der Waals surface area contributed by atoms with Gasteiger partial charge in [0.05, 0.1) is 21.3 Å². The zero-order chi connectivity index (χ0) is 18.3. The molecular weight excluding hydrogens is 386 g/mol. The highest BCUT2D eigenvalue weighted by Crippen LogP contribution is 2.48. The van der Waals surface area contributed by atoms with Crippen LogP contribution in [0, 0.1) is 0 Å². The summed E-state index contributed by atoms with van der Waals surface area (Å²) >= 11 is 9.39. The zero-order valence-electron chi connectivity index (χ0n) is 14.3. The third kappa shape index (κ3) is 2.88. The Balaban J connectivity index is 1.95. The number of benzene rings is 1. The van der Waals surface area contributed by atoms with Gasteiger partial charge >= 0.3 is 0 Å². The van der Waals surface area contributed by atoms with Crippen molar-refractivity contribution in [2.45, 2.75) is 18.4 Å². The quantitative estimate of drug-likeness (QED) is 0.661. The number of hydrogen-bond donors (Lipinski definition) is 0. The summed E-state index contributed by atoms with van der Waals surface area (Å²) in [4.78, 5) is 20.4. The molecule has 0 spiro atoms. The summed E-state index contributed by atoms with van der Waals surface area (Å²) in [6, 6.07) is 11.6. The first-order valence-corrected chi connectivity index (χ1v) is 10.2. The van der Waals surface area contributed by atoms with E-state index in [1.54, 1.807) is 22.5 Å². The molecule has 3 heterocycles. The van der Waals surface area contributed by atoms with Crippen LogP contribution in [0.2, 0.25) is 5.02 Å². The van der Waals surface area contributed by atoms with Gasteiger partial charge in [0.25, 0.3) is 5.56 Å². The number of rotatable bonds is 2. The normalized spacial score (nSPS) is 16.3. The van der Waals surface area contributed by atoms with Crippen molar-refractivity contribution in [3.8, 4) is 0 Å². The van der Waals surface area contributed by atoms with E-state index in [4.69, 9.17) is 11.6 Å². The molecule has 2 aromatic heterocycles. The predicted octanol–water partition coefficient (Wildman–Crippen LogP) is 3.11. The van der Waals surface area contributed by atoms with Crippen molar-refractivity contribution in [3.05, 3.63) is 72.9 Å². The Labute approximate surface area is 164 Å². The topological polar surface area (TPSA) is 38.1 Å². The third-order valence-electron chi connectivity index (χ3n) is 4.19. The van der Waals surface area contributed by atoms with Crippen LogP contribution in [-0.2, 0) is 6.54 Å². The predicted molar refractivity (Wildman–Crippen MR) is 110 cm³/mol. The zero-order valence-corrected chi connectivity index (χ0v) is 16.7. The molecule has 7 heteroatoms. The summed E-state index contributed by atoms with van der Waals surface area (Å²) in [5.74, 6) is 0. The first-order valence-electron chi connectivity index (χ1n) is 8.17. The minimum Gasteiger partial charge on any atom is -0.337 e. The number of nitrogens with zero attached hydrogens (tertiary/aromatic N) is 3. The summed E-state index contributed by atoms with van der Waals surface area (Å²) < 4.78 is 3.42. The van der Waals surface area contributed by atoms with Crippen LogP contribution >= 0.6 is 34.7 Å². The van der Waals surface area contributed by atoms with Gasteiger partial charge in [-0.3, -0.25) is 14.3 Å². The van der Waals surface area contributed by atoms with Crippen molar-refractivity contribution in [2.24, 2.45) is 0 Å². The Kier molecular flexibility index (Phi) is 4.65. The molecule has 1 aromatic carbocycles. The molecule has 4 rings (SSSR count). The third-order valence-corrected chi connectivity index (χ3v) is 7.17. The lowest BCUT2D eigenvalue weighted by Gasteiger charge is -2.12. The van der Waals surface area contributed by atoms with Crippen LogP contribution in [0.1, 0.15) is 12.6 Å². The molecule has 0 fully saturated rings. The summed E-state index contributed by atoms with van der Waals surface area (Å²) in [6.07, 6.45) is 3.71. The second-order valence-corrected chi connectivity index (χ2v) is 8.21. The van der Waals surface area contributed by atoms with Crippen molar-refractivity contribution >= 4 is 51.5 Å². The first kappa shape index (κ1) is 17.4. The molecule has 3 aromatic rings. The molecule has 0 bridgehead atoms. The van der Waals surface area contributed by atoms with Gasteiger partial charge in [0.15, 0.2) is 0 Å². The first-order chi connectivity index (χ1) is 12.6. The maximum absolute atomic E-state index is 13.0. The van der Waals surface area contributed by atoms with Crippen LogP contribution in [0.5, 0.6) is 0 Å². The molecule has 0 N–H and O–H groups in total. The molecule has 0 unspecified atom stereocenters. The summed E-state index contributed by atoms with van der Waals surface area (Å²) in [5.41, 5.74) is 1.90. The molecule has 0 saturated carbocycles. The molecule has 0 atom stereocenters. The number of aromatic nitrogens is 2. The van der Waals surface area contributed by atoms with Crippen molar-refractivity contribution in [1.82, 2.24) is 9.55 Å². The maximum Gasteiger partial charge on any atom is 0.271 e. The lowest BCUT2D eigenvalue weighted by Crippen LogP contribution is -2.33. The van der Waals surface area contributed by atoms with E-state index in [2.05, 4.69) is 4.98 Å². The number of thiazole rings is 1. The van der Waals surface area contributed by atoms with Crippen molar-refractivity contribution < 1.29 is 0 Å². The van der Waals surface area contributed by atoms with Crippen LogP contribution in [0.3, 0.4) is 0 Å². The van der Waals surface area contributed by atoms with Gasteiger partial charge in [0.1, 0.15) is 14.2 Å². The average Bonchev–Trinajstić information content (AvgIpc) is 3.14. The van der Waals surface area contributed by atoms with E-state index in [1.165, 1.54) is 11.3 Å². The number of thioether (sulfide) groups is 1. The van der Waals surface area contributed by atoms with E-state index in [-0.39, 0.29) is 5.56 Å². The second kappa shape index (κ2) is 6.95. The molecule has 1 aliphatic heterocycles. The van der Waals surface area contributed by atoms with Crippen LogP contribution in [0.15, 0.2) is 52.3 Å². The van der Waals surface area contributed by atoms with Gasteiger partial charge in [-0.1, -0.05) is 35.5 Å². The number of fused-ring (bicyclic) bond motifs is 1. The Morgan fingerprint density at radius 3 is 2.77 bits per heavy atom. The fraction of sp³-hybridized carbons (Fsp3) is 0.158. The summed E-state index contributed by atoms with van der Waals surface area (Å²) in [6.45, 7) is 2.60. The Bertz CT molecular complexity index is 1150. The number of halogens is 1. The minimum atomic E-state index is 0.0259. The fourth-order valence-electron chi connectivity index (χ4n) is 2.89. The molecule has 0 amide bonds. The highest BCUT2D eigenvalue weighted by molar-refractivity contribution is 8.08. The largest absolute Gasteiger partial charge is 0.337 e.